The molecule has 0 aliphatic carbocycles. The zero-order valence-electron chi connectivity index (χ0n) is 17.1. The van der Waals surface area contributed by atoms with E-state index >= 15 is 0 Å². The van der Waals surface area contributed by atoms with E-state index in [9.17, 15) is 0 Å². The van der Waals surface area contributed by atoms with E-state index < -0.39 is 0 Å². The fourth-order valence-corrected chi connectivity index (χ4v) is 3.69. The van der Waals surface area contributed by atoms with Gasteiger partial charge in [-0.05, 0) is 31.0 Å². The molecule has 0 radical (unpaired) electrons. The van der Waals surface area contributed by atoms with Gasteiger partial charge in [0, 0.05) is 31.8 Å². The molecule has 0 saturated carbocycles. The van der Waals surface area contributed by atoms with Crippen molar-refractivity contribution in [2.45, 2.75) is 18.9 Å². The van der Waals surface area contributed by atoms with Crippen molar-refractivity contribution in [2.75, 3.05) is 35.9 Å². The number of anilines is 5. The van der Waals surface area contributed by atoms with Gasteiger partial charge in [0.1, 0.15) is 0 Å². The number of hydrogen-bond acceptors (Lipinski definition) is 9. The first-order valence-electron chi connectivity index (χ1n) is 10.1. The Morgan fingerprint density at radius 2 is 2.00 bits per heavy atom. The summed E-state index contributed by atoms with van der Waals surface area (Å²) in [5, 5.41) is 13.9. The molecule has 0 unspecified atom stereocenters. The van der Waals surface area contributed by atoms with E-state index in [1.165, 1.54) is 5.01 Å². The number of nitrogens with one attached hydrogen (secondary N) is 1. The molecule has 5 N–H and O–H groups in total. The summed E-state index contributed by atoms with van der Waals surface area (Å²) in [6, 6.07) is 6.06. The second-order valence-corrected chi connectivity index (χ2v) is 7.54. The first-order valence-corrected chi connectivity index (χ1v) is 10.1. The number of hydrazine groups is 1. The summed E-state index contributed by atoms with van der Waals surface area (Å²) in [5.74, 6) is 7.24. The van der Waals surface area contributed by atoms with E-state index in [1.807, 2.05) is 41.0 Å². The third-order valence-corrected chi connectivity index (χ3v) is 5.56. The second-order valence-electron chi connectivity index (χ2n) is 7.54. The Labute approximate surface area is 178 Å². The third kappa shape index (κ3) is 3.64. The lowest BCUT2D eigenvalue weighted by Gasteiger charge is -2.23. The van der Waals surface area contributed by atoms with Crippen LogP contribution in [0.2, 0.25) is 0 Å². The van der Waals surface area contributed by atoms with Gasteiger partial charge in [0.2, 0.25) is 5.95 Å². The van der Waals surface area contributed by atoms with Gasteiger partial charge in [-0.25, -0.2) is 10.8 Å². The van der Waals surface area contributed by atoms with Crippen LogP contribution in [0.15, 0.2) is 43.0 Å². The van der Waals surface area contributed by atoms with Crippen LogP contribution in [0.25, 0.3) is 10.9 Å². The van der Waals surface area contributed by atoms with Gasteiger partial charge >= 0.3 is 0 Å². The molecule has 1 aliphatic heterocycles. The normalized spacial score (nSPS) is 14.8. The topological polar surface area (TPSA) is 140 Å². The van der Waals surface area contributed by atoms with Crippen LogP contribution >= 0.6 is 0 Å². The quantitative estimate of drug-likeness (QED) is 0.327. The number of fused-ring (bicyclic) bond motifs is 1. The maximum Gasteiger partial charge on any atom is 0.231 e. The number of aromatic amines is 1. The van der Waals surface area contributed by atoms with Crippen molar-refractivity contribution in [2.24, 2.45) is 5.84 Å². The molecule has 0 amide bonds. The summed E-state index contributed by atoms with van der Waals surface area (Å²) in [6.45, 7) is 1.52. The molecule has 1 aromatic carbocycles. The van der Waals surface area contributed by atoms with Gasteiger partial charge in [0.15, 0.2) is 5.82 Å². The van der Waals surface area contributed by atoms with Crippen molar-refractivity contribution < 1.29 is 4.74 Å². The zero-order chi connectivity index (χ0) is 21.4. The molecule has 0 bridgehead atoms. The fourth-order valence-electron chi connectivity index (χ4n) is 3.69. The Balaban J connectivity index is 1.41. The number of hydrogen-bond donors (Lipinski definition) is 3. The van der Waals surface area contributed by atoms with E-state index in [-0.39, 0.29) is 0 Å². The van der Waals surface area contributed by atoms with Crippen LogP contribution in [0.3, 0.4) is 0 Å². The highest BCUT2D eigenvalue weighted by atomic mass is 16.5. The highest BCUT2D eigenvalue weighted by Gasteiger charge is 2.20. The van der Waals surface area contributed by atoms with Crippen molar-refractivity contribution in [3.63, 3.8) is 0 Å². The Hall–Kier alpha value is -3.70. The Bertz CT molecular complexity index is 1200. The van der Waals surface area contributed by atoms with Crippen LogP contribution < -0.4 is 21.5 Å². The monoisotopic (exact) mass is 420 g/mol. The summed E-state index contributed by atoms with van der Waals surface area (Å²) < 4.78 is 7.43. The highest BCUT2D eigenvalue weighted by molar-refractivity contribution is 5.83. The Morgan fingerprint density at radius 3 is 2.84 bits per heavy atom. The van der Waals surface area contributed by atoms with E-state index in [0.29, 0.717) is 23.5 Å². The van der Waals surface area contributed by atoms with Crippen molar-refractivity contribution in [3.8, 4) is 0 Å². The maximum atomic E-state index is 6.37. The zero-order valence-corrected chi connectivity index (χ0v) is 17.1. The molecule has 11 nitrogen and oxygen atoms in total. The number of nitrogens with two attached hydrogens (primary N) is 2. The third-order valence-electron chi connectivity index (χ3n) is 5.56. The number of aromatic nitrogens is 6. The number of ether oxygens (including phenoxy) is 1. The molecular formula is C20H24N10O. The first-order chi connectivity index (χ1) is 15.1. The molecule has 1 aliphatic rings. The minimum Gasteiger partial charge on any atom is -0.394 e. The largest absolute Gasteiger partial charge is 0.394 e. The maximum absolute atomic E-state index is 6.37. The van der Waals surface area contributed by atoms with Crippen LogP contribution in [0.4, 0.5) is 28.8 Å². The van der Waals surface area contributed by atoms with Gasteiger partial charge in [-0.15, -0.1) is 0 Å². The average Bonchev–Trinajstić information content (AvgIpc) is 3.48. The average molecular weight is 420 g/mol. The van der Waals surface area contributed by atoms with Crippen LogP contribution in [0.1, 0.15) is 18.9 Å². The predicted octanol–water partition coefficient (Wildman–Crippen LogP) is 2.26. The standard InChI is InChI=1S/C20H24N10O/c1-28(16-10-25-29(12-16)14-4-6-31-7-5-14)20-23-11-17(21)19(26-20)30(22)15-3-2-13-9-24-27-18(13)8-15/h2-3,8-12,14H,4-7,21-22H2,1H3,(H,24,27). The summed E-state index contributed by atoms with van der Waals surface area (Å²) in [6.07, 6.45) is 9.04. The SMILES string of the molecule is CN(c1cnn(C2CCOCC2)c1)c1ncc(N)c(N(N)c2ccc3cn[nH]c3c2)n1. The van der Waals surface area contributed by atoms with Crippen LogP contribution in [-0.4, -0.2) is 50.2 Å². The van der Waals surface area contributed by atoms with Gasteiger partial charge in [0.25, 0.3) is 0 Å². The van der Waals surface area contributed by atoms with Crippen LogP contribution in [0.5, 0.6) is 0 Å². The van der Waals surface area contributed by atoms with Gasteiger partial charge in [-0.2, -0.15) is 15.2 Å². The van der Waals surface area contributed by atoms with E-state index in [2.05, 4.69) is 25.3 Å². The molecule has 0 atom stereocenters. The molecule has 5 rings (SSSR count). The lowest BCUT2D eigenvalue weighted by Crippen LogP contribution is -2.28. The number of rotatable bonds is 5. The lowest BCUT2D eigenvalue weighted by atomic mass is 10.1. The summed E-state index contributed by atoms with van der Waals surface area (Å²) in [7, 11) is 1.89. The Kier molecular flexibility index (Phi) is 4.88. The minimum atomic E-state index is 0.343. The van der Waals surface area contributed by atoms with Crippen LogP contribution in [-0.2, 0) is 4.74 Å². The summed E-state index contributed by atoms with van der Waals surface area (Å²) in [4.78, 5) is 10.9. The van der Waals surface area contributed by atoms with Gasteiger partial charge in [-0.1, -0.05) is 0 Å². The van der Waals surface area contributed by atoms with Gasteiger partial charge in [0.05, 0.1) is 47.2 Å². The molecule has 160 valence electrons. The molecule has 11 heteroatoms. The molecule has 1 fully saturated rings. The van der Waals surface area contributed by atoms with Crippen LogP contribution in [0, 0.1) is 0 Å². The fraction of sp³-hybridized carbons (Fsp3) is 0.300. The molecule has 3 aromatic heterocycles. The van der Waals surface area contributed by atoms with E-state index in [4.69, 9.17) is 16.3 Å². The van der Waals surface area contributed by atoms with E-state index in [0.717, 1.165) is 48.3 Å². The van der Waals surface area contributed by atoms with Gasteiger partial charge in [-0.3, -0.25) is 14.8 Å². The molecule has 4 aromatic rings. The minimum absolute atomic E-state index is 0.343. The van der Waals surface area contributed by atoms with Crippen molar-refractivity contribution in [1.82, 2.24) is 29.9 Å². The predicted molar refractivity (Wildman–Crippen MR) is 118 cm³/mol. The first kappa shape index (κ1) is 19.3. The number of nitrogens with zero attached hydrogens (tertiary/aromatic N) is 7. The smallest absolute Gasteiger partial charge is 0.231 e. The second kappa shape index (κ2) is 7.85. The molecular weight excluding hydrogens is 396 g/mol. The van der Waals surface area contributed by atoms with Crippen molar-refractivity contribution in [3.05, 3.63) is 43.0 Å². The number of nitrogen functional groups attached to an aromatic ring is 1. The molecule has 31 heavy (non-hydrogen) atoms. The van der Waals surface area contributed by atoms with E-state index in [1.54, 1.807) is 18.6 Å². The van der Waals surface area contributed by atoms with Crippen molar-refractivity contribution in [1.29, 1.82) is 0 Å². The number of H-pyrrole nitrogens is 1. The Morgan fingerprint density at radius 1 is 1.16 bits per heavy atom. The molecule has 4 heterocycles. The lowest BCUT2D eigenvalue weighted by molar-refractivity contribution is 0.0662. The van der Waals surface area contributed by atoms with Crippen molar-refractivity contribution >= 4 is 39.7 Å². The highest BCUT2D eigenvalue weighted by Crippen LogP contribution is 2.30. The summed E-state index contributed by atoms with van der Waals surface area (Å²) >= 11 is 0. The molecule has 1 saturated heterocycles. The summed E-state index contributed by atoms with van der Waals surface area (Å²) in [5.41, 5.74) is 9.00. The number of benzene rings is 1. The molecule has 0 spiro atoms. The van der Waals surface area contributed by atoms with Gasteiger partial charge < -0.3 is 15.4 Å².